The Labute approximate surface area is 141 Å². The molecule has 24 heavy (non-hydrogen) atoms. The van der Waals surface area contributed by atoms with Crippen LogP contribution < -0.4 is 10.1 Å². The Hall–Kier alpha value is -2.41. The Morgan fingerprint density at radius 2 is 2.25 bits per heavy atom. The van der Waals surface area contributed by atoms with Crippen LogP contribution in [0.3, 0.4) is 0 Å². The Kier molecular flexibility index (Phi) is 5.43. The van der Waals surface area contributed by atoms with Crippen LogP contribution in [0.25, 0.3) is 0 Å². The zero-order chi connectivity index (χ0) is 16.8. The molecular formula is C17H22N4O3. The summed E-state index contributed by atoms with van der Waals surface area (Å²) in [6.45, 7) is 3.90. The van der Waals surface area contributed by atoms with E-state index < -0.39 is 0 Å². The molecule has 1 fully saturated rings. The normalized spacial score (nSPS) is 17.8. The summed E-state index contributed by atoms with van der Waals surface area (Å²) in [4.78, 5) is 18.5. The maximum absolute atomic E-state index is 12.1. The van der Waals surface area contributed by atoms with Crippen molar-refractivity contribution < 1.29 is 14.1 Å². The molecule has 1 saturated heterocycles. The summed E-state index contributed by atoms with van der Waals surface area (Å²) in [6.07, 6.45) is 1.98. The van der Waals surface area contributed by atoms with Gasteiger partial charge in [-0.05, 0) is 31.5 Å². The molecular weight excluding hydrogens is 308 g/mol. The lowest BCUT2D eigenvalue weighted by Crippen LogP contribution is -2.38. The molecule has 1 aromatic carbocycles. The molecule has 3 rings (SSSR count). The highest BCUT2D eigenvalue weighted by Crippen LogP contribution is 2.29. The molecule has 1 aliphatic rings. The molecule has 128 valence electrons. The molecule has 0 bridgehead atoms. The van der Waals surface area contributed by atoms with Crippen LogP contribution in [0.15, 0.2) is 34.9 Å². The van der Waals surface area contributed by atoms with Gasteiger partial charge in [0, 0.05) is 6.92 Å². The molecule has 0 aliphatic carbocycles. The van der Waals surface area contributed by atoms with Gasteiger partial charge in [-0.15, -0.1) is 0 Å². The minimum atomic E-state index is -0.0150. The lowest BCUT2D eigenvalue weighted by atomic mass is 10.2. The van der Waals surface area contributed by atoms with Crippen LogP contribution in [-0.2, 0) is 4.79 Å². The van der Waals surface area contributed by atoms with Crippen LogP contribution in [0.4, 0.5) is 0 Å². The third kappa shape index (κ3) is 4.32. The zero-order valence-corrected chi connectivity index (χ0v) is 13.8. The van der Waals surface area contributed by atoms with Gasteiger partial charge in [0.15, 0.2) is 5.82 Å². The fourth-order valence-electron chi connectivity index (χ4n) is 2.87. The predicted octanol–water partition coefficient (Wildman–Crippen LogP) is 1.71. The van der Waals surface area contributed by atoms with Crippen molar-refractivity contribution in [2.24, 2.45) is 0 Å². The number of carbonyl (C=O) groups is 1. The first-order valence-corrected chi connectivity index (χ1v) is 8.21. The van der Waals surface area contributed by atoms with Crippen LogP contribution in [0.5, 0.6) is 5.75 Å². The highest BCUT2D eigenvalue weighted by Gasteiger charge is 2.30. The van der Waals surface area contributed by atoms with Gasteiger partial charge < -0.3 is 14.6 Å². The number of aromatic nitrogens is 2. The third-order valence-corrected chi connectivity index (χ3v) is 3.99. The van der Waals surface area contributed by atoms with Crippen LogP contribution >= 0.6 is 0 Å². The Bertz CT molecular complexity index is 659. The van der Waals surface area contributed by atoms with Gasteiger partial charge >= 0.3 is 0 Å². The van der Waals surface area contributed by atoms with Crippen LogP contribution in [-0.4, -0.2) is 47.2 Å². The first-order valence-electron chi connectivity index (χ1n) is 8.21. The molecule has 7 heteroatoms. The van der Waals surface area contributed by atoms with Gasteiger partial charge in [0.05, 0.1) is 19.1 Å². The average Bonchev–Trinajstić information content (AvgIpc) is 3.21. The molecule has 1 amide bonds. The first-order chi connectivity index (χ1) is 11.7. The van der Waals surface area contributed by atoms with Crippen LogP contribution in [0, 0.1) is 6.92 Å². The first kappa shape index (κ1) is 16.4. The van der Waals surface area contributed by atoms with Crippen molar-refractivity contribution in [3.05, 3.63) is 42.0 Å². The Balaban J connectivity index is 1.41. The quantitative estimate of drug-likeness (QED) is 0.779. The van der Waals surface area contributed by atoms with Crippen LogP contribution in [0.2, 0.25) is 0 Å². The van der Waals surface area contributed by atoms with Crippen molar-refractivity contribution in [1.82, 2.24) is 20.4 Å². The van der Waals surface area contributed by atoms with Crippen molar-refractivity contribution in [2.75, 3.05) is 26.2 Å². The topological polar surface area (TPSA) is 80.5 Å². The van der Waals surface area contributed by atoms with E-state index in [1.54, 1.807) is 6.92 Å². The molecule has 1 N–H and O–H groups in total. The fraction of sp³-hybridized carbons (Fsp3) is 0.471. The maximum atomic E-state index is 12.1. The number of carbonyl (C=O) groups excluding carboxylic acids is 1. The van der Waals surface area contributed by atoms with Crippen molar-refractivity contribution in [1.29, 1.82) is 0 Å². The molecule has 2 heterocycles. The summed E-state index contributed by atoms with van der Waals surface area (Å²) in [5.74, 6) is 2.02. The number of hydrogen-bond acceptors (Lipinski definition) is 6. The second-order valence-corrected chi connectivity index (χ2v) is 5.81. The maximum Gasteiger partial charge on any atom is 0.234 e. The minimum Gasteiger partial charge on any atom is -0.492 e. The van der Waals surface area contributed by atoms with E-state index in [0.717, 1.165) is 25.1 Å². The number of benzene rings is 1. The summed E-state index contributed by atoms with van der Waals surface area (Å²) < 4.78 is 10.6. The number of para-hydroxylation sites is 1. The number of rotatable bonds is 7. The number of ether oxygens (including phenoxy) is 1. The van der Waals surface area contributed by atoms with E-state index in [4.69, 9.17) is 9.26 Å². The van der Waals surface area contributed by atoms with E-state index in [2.05, 4.69) is 20.4 Å². The van der Waals surface area contributed by atoms with Crippen molar-refractivity contribution in [3.63, 3.8) is 0 Å². The molecule has 0 unspecified atom stereocenters. The lowest BCUT2D eigenvalue weighted by Gasteiger charge is -2.21. The van der Waals surface area contributed by atoms with Crippen molar-refractivity contribution in [3.8, 4) is 5.75 Å². The molecule has 0 radical (unpaired) electrons. The zero-order valence-electron chi connectivity index (χ0n) is 13.8. The number of hydrogen-bond donors (Lipinski definition) is 1. The van der Waals surface area contributed by atoms with Gasteiger partial charge in [-0.1, -0.05) is 23.4 Å². The third-order valence-electron chi connectivity index (χ3n) is 3.99. The molecule has 1 aliphatic heterocycles. The van der Waals surface area contributed by atoms with E-state index in [9.17, 15) is 4.79 Å². The van der Waals surface area contributed by atoms with E-state index in [0.29, 0.717) is 31.4 Å². The second-order valence-electron chi connectivity index (χ2n) is 5.81. The Morgan fingerprint density at radius 3 is 3.00 bits per heavy atom. The van der Waals surface area contributed by atoms with Gasteiger partial charge in [-0.3, -0.25) is 9.69 Å². The van der Waals surface area contributed by atoms with E-state index in [1.165, 1.54) is 0 Å². The van der Waals surface area contributed by atoms with Gasteiger partial charge in [0.2, 0.25) is 11.8 Å². The number of amides is 1. The largest absolute Gasteiger partial charge is 0.492 e. The van der Waals surface area contributed by atoms with Gasteiger partial charge in [0.25, 0.3) is 0 Å². The molecule has 1 atom stereocenters. The summed E-state index contributed by atoms with van der Waals surface area (Å²) in [5, 5.41) is 6.87. The fourth-order valence-corrected chi connectivity index (χ4v) is 2.87. The van der Waals surface area contributed by atoms with Crippen molar-refractivity contribution >= 4 is 5.91 Å². The second kappa shape index (κ2) is 7.92. The van der Waals surface area contributed by atoms with E-state index >= 15 is 0 Å². The number of likely N-dealkylation sites (tertiary alicyclic amines) is 1. The molecule has 7 nitrogen and oxygen atoms in total. The summed E-state index contributed by atoms with van der Waals surface area (Å²) >= 11 is 0. The highest BCUT2D eigenvalue weighted by atomic mass is 16.5. The summed E-state index contributed by atoms with van der Waals surface area (Å²) in [5.41, 5.74) is 0. The van der Waals surface area contributed by atoms with E-state index in [-0.39, 0.29) is 11.9 Å². The van der Waals surface area contributed by atoms with E-state index in [1.807, 2.05) is 30.3 Å². The van der Waals surface area contributed by atoms with Gasteiger partial charge in [-0.2, -0.15) is 4.98 Å². The smallest absolute Gasteiger partial charge is 0.234 e. The highest BCUT2D eigenvalue weighted by molar-refractivity contribution is 5.78. The number of nitrogens with one attached hydrogen (secondary N) is 1. The van der Waals surface area contributed by atoms with Crippen LogP contribution in [0.1, 0.15) is 30.6 Å². The average molecular weight is 330 g/mol. The number of nitrogens with zero attached hydrogens (tertiary/aromatic N) is 3. The SMILES string of the molecule is Cc1nc([C@@H]2CCCN2CC(=O)NCCOc2ccccc2)no1. The summed E-state index contributed by atoms with van der Waals surface area (Å²) in [7, 11) is 0. The minimum absolute atomic E-state index is 0.0150. The monoisotopic (exact) mass is 330 g/mol. The number of aryl methyl sites for hydroxylation is 1. The van der Waals surface area contributed by atoms with Gasteiger partial charge in [-0.25, -0.2) is 0 Å². The molecule has 1 aromatic heterocycles. The summed E-state index contributed by atoms with van der Waals surface area (Å²) in [6, 6.07) is 9.62. The van der Waals surface area contributed by atoms with Crippen molar-refractivity contribution in [2.45, 2.75) is 25.8 Å². The lowest BCUT2D eigenvalue weighted by molar-refractivity contribution is -0.122. The molecule has 0 spiro atoms. The molecule has 2 aromatic rings. The Morgan fingerprint density at radius 1 is 1.42 bits per heavy atom. The molecule has 0 saturated carbocycles. The predicted molar refractivity (Wildman–Crippen MR) is 87.5 cm³/mol. The standard InChI is InChI=1S/C17H22N4O3/c1-13-19-17(20-24-13)15-8-5-10-21(15)12-16(22)18-9-11-23-14-6-3-2-4-7-14/h2-4,6-7,15H,5,8-12H2,1H3,(H,18,22)/t15-/m0/s1. The van der Waals surface area contributed by atoms with Gasteiger partial charge in [0.1, 0.15) is 12.4 Å².